The molecule has 0 aliphatic rings. The minimum Gasteiger partial charge on any atom is -0.492 e. The van der Waals surface area contributed by atoms with Gasteiger partial charge in [-0.3, -0.25) is 4.98 Å². The highest BCUT2D eigenvalue weighted by Gasteiger charge is 2.00. The van der Waals surface area contributed by atoms with Gasteiger partial charge in [-0.25, -0.2) is 0 Å². The molecule has 2 N–H and O–H groups in total. The Hall–Kier alpha value is -1.13. The topological polar surface area (TPSA) is 51.4 Å². The summed E-state index contributed by atoms with van der Waals surface area (Å²) >= 11 is 0. The van der Waals surface area contributed by atoms with E-state index in [0.29, 0.717) is 13.2 Å². The Labute approximate surface area is 97.4 Å². The molecule has 4 nitrogen and oxygen atoms in total. The van der Waals surface area contributed by atoms with Crippen molar-refractivity contribution in [3.05, 3.63) is 24.0 Å². The molecule has 1 aromatic rings. The molecule has 0 atom stereocenters. The molecule has 0 fully saturated rings. The van der Waals surface area contributed by atoms with Crippen molar-refractivity contribution >= 4 is 0 Å². The summed E-state index contributed by atoms with van der Waals surface area (Å²) in [4.78, 5) is 6.44. The Morgan fingerprint density at radius 1 is 1.38 bits per heavy atom. The SMILES string of the molecule is CCN(CC)CCOc1ccnc(CN)c1. The average Bonchev–Trinajstić information content (AvgIpc) is 2.35. The first-order valence-corrected chi connectivity index (χ1v) is 5.80. The number of pyridine rings is 1. The van der Waals surface area contributed by atoms with Crippen LogP contribution in [0, 0.1) is 0 Å². The van der Waals surface area contributed by atoms with E-state index in [1.54, 1.807) is 6.20 Å². The normalized spacial score (nSPS) is 10.8. The van der Waals surface area contributed by atoms with E-state index < -0.39 is 0 Å². The summed E-state index contributed by atoms with van der Waals surface area (Å²) in [7, 11) is 0. The van der Waals surface area contributed by atoms with Crippen molar-refractivity contribution in [3.63, 3.8) is 0 Å². The number of ether oxygens (including phenoxy) is 1. The smallest absolute Gasteiger partial charge is 0.122 e. The molecule has 0 aliphatic carbocycles. The first-order valence-electron chi connectivity index (χ1n) is 5.80. The summed E-state index contributed by atoms with van der Waals surface area (Å²) in [6.07, 6.45) is 1.73. The molecule has 4 heteroatoms. The summed E-state index contributed by atoms with van der Waals surface area (Å²) in [5.74, 6) is 0.850. The number of hydrogen-bond donors (Lipinski definition) is 1. The zero-order valence-electron chi connectivity index (χ0n) is 10.1. The van der Waals surface area contributed by atoms with E-state index in [-0.39, 0.29) is 0 Å². The van der Waals surface area contributed by atoms with E-state index in [9.17, 15) is 0 Å². The number of hydrogen-bond acceptors (Lipinski definition) is 4. The van der Waals surface area contributed by atoms with Crippen LogP contribution in [0.4, 0.5) is 0 Å². The fourth-order valence-corrected chi connectivity index (χ4v) is 1.49. The zero-order valence-corrected chi connectivity index (χ0v) is 10.1. The van der Waals surface area contributed by atoms with Gasteiger partial charge in [0, 0.05) is 25.4 Å². The van der Waals surface area contributed by atoms with E-state index in [0.717, 1.165) is 31.1 Å². The van der Waals surface area contributed by atoms with Crippen molar-refractivity contribution in [3.8, 4) is 5.75 Å². The molecular formula is C12H21N3O. The second-order valence-electron chi connectivity index (χ2n) is 3.56. The standard InChI is InChI=1S/C12H21N3O/c1-3-15(4-2)7-8-16-12-5-6-14-11(9-12)10-13/h5-6,9H,3-4,7-8,10,13H2,1-2H3. The van der Waals surface area contributed by atoms with Gasteiger partial charge in [0.05, 0.1) is 5.69 Å². The van der Waals surface area contributed by atoms with Crippen LogP contribution in [0.2, 0.25) is 0 Å². The summed E-state index contributed by atoms with van der Waals surface area (Å²) in [6, 6.07) is 3.75. The highest BCUT2D eigenvalue weighted by molar-refractivity contribution is 5.22. The zero-order chi connectivity index (χ0) is 11.8. The summed E-state index contributed by atoms with van der Waals surface area (Å²) in [6.45, 7) is 8.54. The Morgan fingerprint density at radius 3 is 2.75 bits per heavy atom. The van der Waals surface area contributed by atoms with E-state index in [2.05, 4.69) is 23.7 Å². The Balaban J connectivity index is 2.36. The van der Waals surface area contributed by atoms with Gasteiger partial charge in [0.2, 0.25) is 0 Å². The first-order chi connectivity index (χ1) is 7.80. The minimum absolute atomic E-state index is 0.452. The lowest BCUT2D eigenvalue weighted by atomic mass is 10.3. The number of aromatic nitrogens is 1. The molecule has 90 valence electrons. The Kier molecular flexibility index (Phi) is 5.82. The quantitative estimate of drug-likeness (QED) is 0.756. The third-order valence-electron chi connectivity index (χ3n) is 2.57. The van der Waals surface area contributed by atoms with Crippen LogP contribution in [0.3, 0.4) is 0 Å². The lowest BCUT2D eigenvalue weighted by Gasteiger charge is -2.18. The average molecular weight is 223 g/mol. The van der Waals surface area contributed by atoms with E-state index >= 15 is 0 Å². The number of nitrogens with two attached hydrogens (primary N) is 1. The molecular weight excluding hydrogens is 202 g/mol. The van der Waals surface area contributed by atoms with Crippen LogP contribution in [-0.4, -0.2) is 36.1 Å². The number of likely N-dealkylation sites (N-methyl/N-ethyl adjacent to an activating group) is 1. The molecule has 0 amide bonds. The molecule has 1 rings (SSSR count). The van der Waals surface area contributed by atoms with Gasteiger partial charge in [0.1, 0.15) is 12.4 Å². The molecule has 0 spiro atoms. The molecule has 16 heavy (non-hydrogen) atoms. The van der Waals surface area contributed by atoms with Gasteiger partial charge >= 0.3 is 0 Å². The summed E-state index contributed by atoms with van der Waals surface area (Å²) in [5, 5.41) is 0. The molecule has 0 aromatic carbocycles. The maximum Gasteiger partial charge on any atom is 0.122 e. The van der Waals surface area contributed by atoms with Crippen molar-refractivity contribution in [2.45, 2.75) is 20.4 Å². The second kappa shape index (κ2) is 7.19. The van der Waals surface area contributed by atoms with Crippen LogP contribution >= 0.6 is 0 Å². The monoisotopic (exact) mass is 223 g/mol. The molecule has 0 aliphatic heterocycles. The summed E-state index contributed by atoms with van der Waals surface area (Å²) in [5.41, 5.74) is 6.37. The molecule has 0 bridgehead atoms. The van der Waals surface area contributed by atoms with Crippen LogP contribution < -0.4 is 10.5 Å². The molecule has 1 heterocycles. The Morgan fingerprint density at radius 2 is 2.12 bits per heavy atom. The predicted octanol–water partition coefficient (Wildman–Crippen LogP) is 1.26. The highest BCUT2D eigenvalue weighted by Crippen LogP contribution is 2.10. The van der Waals surface area contributed by atoms with Crippen molar-refractivity contribution in [2.24, 2.45) is 5.73 Å². The van der Waals surface area contributed by atoms with Gasteiger partial charge in [0.15, 0.2) is 0 Å². The molecule has 1 aromatic heterocycles. The molecule has 0 radical (unpaired) electrons. The maximum atomic E-state index is 5.65. The highest BCUT2D eigenvalue weighted by atomic mass is 16.5. The first kappa shape index (κ1) is 12.9. The lowest BCUT2D eigenvalue weighted by Crippen LogP contribution is -2.27. The molecule has 0 saturated carbocycles. The molecule has 0 saturated heterocycles. The van der Waals surface area contributed by atoms with Crippen molar-refractivity contribution in [1.82, 2.24) is 9.88 Å². The predicted molar refractivity (Wildman–Crippen MR) is 65.4 cm³/mol. The third kappa shape index (κ3) is 4.16. The fourth-order valence-electron chi connectivity index (χ4n) is 1.49. The maximum absolute atomic E-state index is 5.65. The van der Waals surface area contributed by atoms with Gasteiger partial charge in [-0.05, 0) is 19.2 Å². The van der Waals surface area contributed by atoms with Gasteiger partial charge in [-0.15, -0.1) is 0 Å². The van der Waals surface area contributed by atoms with Crippen molar-refractivity contribution < 1.29 is 4.74 Å². The summed E-state index contributed by atoms with van der Waals surface area (Å²) < 4.78 is 5.65. The molecule has 0 unspecified atom stereocenters. The lowest BCUT2D eigenvalue weighted by molar-refractivity contribution is 0.222. The number of nitrogens with zero attached hydrogens (tertiary/aromatic N) is 2. The van der Waals surface area contributed by atoms with Crippen LogP contribution in [0.5, 0.6) is 5.75 Å². The second-order valence-corrected chi connectivity index (χ2v) is 3.56. The van der Waals surface area contributed by atoms with Crippen LogP contribution in [-0.2, 0) is 6.54 Å². The van der Waals surface area contributed by atoms with Crippen molar-refractivity contribution in [2.75, 3.05) is 26.2 Å². The van der Waals surface area contributed by atoms with Crippen molar-refractivity contribution in [1.29, 1.82) is 0 Å². The van der Waals surface area contributed by atoms with Gasteiger partial charge in [-0.1, -0.05) is 13.8 Å². The van der Waals surface area contributed by atoms with E-state index in [1.807, 2.05) is 12.1 Å². The van der Waals surface area contributed by atoms with Crippen LogP contribution in [0.15, 0.2) is 18.3 Å². The third-order valence-corrected chi connectivity index (χ3v) is 2.57. The van der Waals surface area contributed by atoms with Gasteiger partial charge in [0.25, 0.3) is 0 Å². The van der Waals surface area contributed by atoms with E-state index in [1.165, 1.54) is 0 Å². The number of rotatable bonds is 7. The van der Waals surface area contributed by atoms with Gasteiger partial charge < -0.3 is 15.4 Å². The fraction of sp³-hybridized carbons (Fsp3) is 0.583. The van der Waals surface area contributed by atoms with Crippen LogP contribution in [0.1, 0.15) is 19.5 Å². The van der Waals surface area contributed by atoms with E-state index in [4.69, 9.17) is 10.5 Å². The van der Waals surface area contributed by atoms with Crippen LogP contribution in [0.25, 0.3) is 0 Å². The Bertz CT molecular complexity index is 300. The largest absolute Gasteiger partial charge is 0.492 e. The van der Waals surface area contributed by atoms with Gasteiger partial charge in [-0.2, -0.15) is 0 Å². The minimum atomic E-state index is 0.452.